The van der Waals surface area contributed by atoms with E-state index >= 15 is 0 Å². The largest absolute Gasteiger partial charge is 0.444 e. The minimum Gasteiger partial charge on any atom is -0.444 e. The first kappa shape index (κ1) is 24.6. The van der Waals surface area contributed by atoms with Gasteiger partial charge in [0.25, 0.3) is 0 Å². The summed E-state index contributed by atoms with van der Waals surface area (Å²) in [6.07, 6.45) is 3.04. The first-order valence-electron chi connectivity index (χ1n) is 12.7. The van der Waals surface area contributed by atoms with Gasteiger partial charge >= 0.3 is 12.2 Å². The van der Waals surface area contributed by atoms with Gasteiger partial charge in [-0.25, -0.2) is 14.3 Å². The summed E-state index contributed by atoms with van der Waals surface area (Å²) in [5.41, 5.74) is 1.36. The molecule has 6 rings (SSSR count). The van der Waals surface area contributed by atoms with Crippen LogP contribution in [0.15, 0.2) is 36.4 Å². The molecule has 0 aliphatic heterocycles. The van der Waals surface area contributed by atoms with Gasteiger partial charge in [0.2, 0.25) is 0 Å². The molecule has 4 fully saturated rings. The minimum absolute atomic E-state index is 0.0243. The van der Waals surface area contributed by atoms with Crippen LogP contribution in [0, 0.1) is 5.92 Å². The van der Waals surface area contributed by atoms with Crippen LogP contribution in [0.5, 0.6) is 0 Å². The van der Waals surface area contributed by atoms with E-state index in [0.29, 0.717) is 18.7 Å². The zero-order valence-corrected chi connectivity index (χ0v) is 21.5. The van der Waals surface area contributed by atoms with Gasteiger partial charge in [-0.1, -0.05) is 30.3 Å². The Labute approximate surface area is 211 Å². The fourth-order valence-electron chi connectivity index (χ4n) is 5.65. The number of anilines is 1. The van der Waals surface area contributed by atoms with Crippen molar-refractivity contribution < 1.29 is 23.8 Å². The lowest BCUT2D eigenvalue weighted by atomic mass is 9.50. The molecule has 194 valence electrons. The Morgan fingerprint density at radius 1 is 1.08 bits per heavy atom. The zero-order valence-electron chi connectivity index (χ0n) is 21.5. The summed E-state index contributed by atoms with van der Waals surface area (Å²) >= 11 is 0. The minimum atomic E-state index is -0.538. The Morgan fingerprint density at radius 2 is 1.78 bits per heavy atom. The fourth-order valence-corrected chi connectivity index (χ4v) is 5.65. The molecule has 0 spiro atoms. The quantitative estimate of drug-likeness (QED) is 0.564. The summed E-state index contributed by atoms with van der Waals surface area (Å²) in [5, 5.41) is 10.8. The highest BCUT2D eigenvalue weighted by molar-refractivity contribution is 5.83. The number of methoxy groups -OCH3 is 1. The third-order valence-electron chi connectivity index (χ3n) is 7.64. The fraction of sp³-hybridized carbons (Fsp3) is 0.593. The number of amides is 2. The molecule has 3 atom stereocenters. The summed E-state index contributed by atoms with van der Waals surface area (Å²) in [6, 6.07) is 11.4. The molecule has 9 nitrogen and oxygen atoms in total. The Hall–Kier alpha value is -3.07. The van der Waals surface area contributed by atoms with Gasteiger partial charge in [-0.05, 0) is 64.4 Å². The summed E-state index contributed by atoms with van der Waals surface area (Å²) in [5.74, 6) is 1.38. The van der Waals surface area contributed by atoms with E-state index < -0.39 is 6.09 Å². The van der Waals surface area contributed by atoms with Gasteiger partial charge in [-0.3, -0.25) is 5.32 Å². The van der Waals surface area contributed by atoms with Crippen molar-refractivity contribution >= 4 is 18.0 Å². The third-order valence-corrected chi connectivity index (χ3v) is 7.64. The summed E-state index contributed by atoms with van der Waals surface area (Å²) < 4.78 is 18.7. The molecule has 2 aromatic rings. The average Bonchev–Trinajstić information content (AvgIpc) is 3.38. The number of ether oxygens (including phenoxy) is 3. The summed E-state index contributed by atoms with van der Waals surface area (Å²) in [6.45, 7) is 6.26. The number of rotatable bonds is 7. The summed E-state index contributed by atoms with van der Waals surface area (Å²) in [4.78, 5) is 25.1. The van der Waals surface area contributed by atoms with Gasteiger partial charge in [-0.2, -0.15) is 5.10 Å². The SMILES string of the molecule is CO[C@@H]1C[C@H](c2cc(NC(=O)OCc3ccccc3)n(C(C)(C)C)n2)C[C@@H]1OC(=O)NC12CC(C1)C2. The van der Waals surface area contributed by atoms with Crippen LogP contribution < -0.4 is 10.6 Å². The van der Waals surface area contributed by atoms with Crippen molar-refractivity contribution in [1.29, 1.82) is 0 Å². The molecule has 4 aliphatic carbocycles. The number of carbonyl (C=O) groups excluding carboxylic acids is 2. The van der Waals surface area contributed by atoms with Crippen LogP contribution in [0.1, 0.15) is 70.1 Å². The van der Waals surface area contributed by atoms with E-state index in [9.17, 15) is 9.59 Å². The molecular weight excluding hydrogens is 460 g/mol. The third kappa shape index (κ3) is 5.07. The summed E-state index contributed by atoms with van der Waals surface area (Å²) in [7, 11) is 1.64. The normalized spacial score (nSPS) is 28.6. The van der Waals surface area contributed by atoms with Gasteiger partial charge in [-0.15, -0.1) is 0 Å². The number of nitrogens with zero attached hydrogens (tertiary/aromatic N) is 2. The number of hydrogen-bond donors (Lipinski definition) is 2. The molecule has 2 bridgehead atoms. The molecule has 4 aliphatic rings. The van der Waals surface area contributed by atoms with Crippen molar-refractivity contribution in [2.45, 2.75) is 88.7 Å². The highest BCUT2D eigenvalue weighted by Gasteiger charge is 2.58. The van der Waals surface area contributed by atoms with Crippen LogP contribution >= 0.6 is 0 Å². The molecule has 1 aromatic heterocycles. The van der Waals surface area contributed by atoms with Gasteiger partial charge in [0.1, 0.15) is 18.5 Å². The number of alkyl carbamates (subject to hydrolysis) is 1. The Balaban J connectivity index is 1.24. The van der Waals surface area contributed by atoms with Gasteiger partial charge in [0.05, 0.1) is 17.3 Å². The van der Waals surface area contributed by atoms with E-state index in [1.165, 1.54) is 0 Å². The van der Waals surface area contributed by atoms with Crippen LogP contribution in [0.2, 0.25) is 0 Å². The van der Waals surface area contributed by atoms with Gasteiger partial charge in [0.15, 0.2) is 0 Å². The smallest absolute Gasteiger partial charge is 0.413 e. The van der Waals surface area contributed by atoms with Gasteiger partial charge < -0.3 is 19.5 Å². The van der Waals surface area contributed by atoms with Crippen LogP contribution in [0.4, 0.5) is 15.4 Å². The van der Waals surface area contributed by atoms with E-state index in [1.54, 1.807) is 11.8 Å². The molecule has 2 N–H and O–H groups in total. The molecule has 0 unspecified atom stereocenters. The molecule has 36 heavy (non-hydrogen) atoms. The molecule has 1 heterocycles. The van der Waals surface area contributed by atoms with Crippen LogP contribution in [0.3, 0.4) is 0 Å². The molecule has 2 amide bonds. The standard InChI is InChI=1S/C27H36N4O5/c1-26(2,3)31-23(28-24(32)35-16-17-8-6-5-7-9-17)12-20(30-31)19-10-21(34-4)22(11-19)36-25(33)29-27-13-18(14-27)15-27/h5-9,12,18-19,21-22H,10-11,13-16H2,1-4H3,(H,28,32)(H,29,33)/t18?,19-,21+,22-,27?/m0/s1. The second kappa shape index (κ2) is 9.42. The number of carbonyl (C=O) groups is 2. The topological polar surface area (TPSA) is 104 Å². The predicted octanol–water partition coefficient (Wildman–Crippen LogP) is 4.93. The first-order chi connectivity index (χ1) is 17.1. The monoisotopic (exact) mass is 496 g/mol. The van der Waals surface area contributed by atoms with Crippen molar-refractivity contribution in [2.24, 2.45) is 5.92 Å². The predicted molar refractivity (Wildman–Crippen MR) is 134 cm³/mol. The van der Waals surface area contributed by atoms with E-state index in [0.717, 1.165) is 36.4 Å². The van der Waals surface area contributed by atoms with Crippen LogP contribution in [-0.4, -0.2) is 46.8 Å². The maximum Gasteiger partial charge on any atom is 0.413 e. The lowest BCUT2D eigenvalue weighted by Gasteiger charge is -2.61. The zero-order chi connectivity index (χ0) is 25.5. The number of nitrogens with one attached hydrogen (secondary N) is 2. The van der Waals surface area contributed by atoms with E-state index in [-0.39, 0.29) is 41.9 Å². The Kier molecular flexibility index (Phi) is 6.44. The molecule has 9 heteroatoms. The highest BCUT2D eigenvalue weighted by atomic mass is 16.6. The lowest BCUT2D eigenvalue weighted by molar-refractivity contribution is -0.0586. The van der Waals surface area contributed by atoms with Crippen LogP contribution in [-0.2, 0) is 26.4 Å². The molecule has 4 saturated carbocycles. The molecule has 0 radical (unpaired) electrons. The molecule has 1 aromatic carbocycles. The van der Waals surface area contributed by atoms with E-state index in [2.05, 4.69) is 10.6 Å². The molecular formula is C27H36N4O5. The lowest BCUT2D eigenvalue weighted by Crippen LogP contribution is -2.68. The number of hydrogen-bond acceptors (Lipinski definition) is 6. The average molecular weight is 497 g/mol. The Morgan fingerprint density at radius 3 is 2.39 bits per heavy atom. The van der Waals surface area contributed by atoms with Crippen molar-refractivity contribution in [2.75, 3.05) is 12.4 Å². The van der Waals surface area contributed by atoms with Crippen molar-refractivity contribution in [3.63, 3.8) is 0 Å². The highest BCUT2D eigenvalue weighted by Crippen LogP contribution is 2.57. The maximum atomic E-state index is 12.6. The van der Waals surface area contributed by atoms with Crippen molar-refractivity contribution in [3.8, 4) is 0 Å². The Bertz CT molecular complexity index is 1090. The van der Waals surface area contributed by atoms with Crippen LogP contribution in [0.25, 0.3) is 0 Å². The number of benzene rings is 1. The second-order valence-electron chi connectivity index (χ2n) is 11.5. The van der Waals surface area contributed by atoms with E-state index in [4.69, 9.17) is 19.3 Å². The number of aromatic nitrogens is 2. The maximum absolute atomic E-state index is 12.6. The van der Waals surface area contributed by atoms with E-state index in [1.807, 2.05) is 57.2 Å². The molecule has 0 saturated heterocycles. The first-order valence-corrected chi connectivity index (χ1v) is 12.7. The van der Waals surface area contributed by atoms with Crippen molar-refractivity contribution in [1.82, 2.24) is 15.1 Å². The second-order valence-corrected chi connectivity index (χ2v) is 11.5. The van der Waals surface area contributed by atoms with Gasteiger partial charge in [0, 0.05) is 24.6 Å². The van der Waals surface area contributed by atoms with Crippen molar-refractivity contribution in [3.05, 3.63) is 47.7 Å².